The fourth-order valence-electron chi connectivity index (χ4n) is 5.29. The Morgan fingerprint density at radius 3 is 1.76 bits per heavy atom. The van der Waals surface area contributed by atoms with Crippen LogP contribution in [-0.4, -0.2) is 29.8 Å². The average molecular weight is 507 g/mol. The van der Waals surface area contributed by atoms with Gasteiger partial charge in [-0.25, -0.2) is 10.9 Å². The number of hydrogen-bond acceptors (Lipinski definition) is 6. The summed E-state index contributed by atoms with van der Waals surface area (Å²) in [5.41, 5.74) is 19.8. The van der Waals surface area contributed by atoms with E-state index in [-0.39, 0.29) is 11.8 Å². The number of aliphatic imine (C=N–C) groups is 2. The van der Waals surface area contributed by atoms with Crippen LogP contribution in [0.15, 0.2) is 101 Å². The van der Waals surface area contributed by atoms with Gasteiger partial charge in [0, 0.05) is 39.4 Å². The maximum Gasteiger partial charge on any atom is 0.151 e. The van der Waals surface area contributed by atoms with Gasteiger partial charge in [0.05, 0.1) is 13.1 Å². The van der Waals surface area contributed by atoms with Gasteiger partial charge in [-0.05, 0) is 64.7 Å². The topological polar surface area (TPSA) is 106 Å². The quantitative estimate of drug-likeness (QED) is 0.198. The van der Waals surface area contributed by atoms with Crippen LogP contribution in [0.3, 0.4) is 0 Å². The molecule has 4 aromatic carbocycles. The van der Waals surface area contributed by atoms with Crippen LogP contribution in [0.4, 0.5) is 11.4 Å². The highest BCUT2D eigenvalue weighted by Gasteiger charge is 2.32. The number of nitrogen functional groups attached to an aromatic ring is 2. The van der Waals surface area contributed by atoms with Crippen molar-refractivity contribution in [3.8, 4) is 0 Å². The summed E-state index contributed by atoms with van der Waals surface area (Å²) >= 11 is 6.45. The number of amidine groups is 2. The number of nitrogens with two attached hydrogens (primary N) is 3. The molecule has 4 aromatic rings. The van der Waals surface area contributed by atoms with Gasteiger partial charge in [-0.2, -0.15) is 0 Å². The summed E-state index contributed by atoms with van der Waals surface area (Å²) in [6, 6.07) is 30.1. The van der Waals surface area contributed by atoms with E-state index >= 15 is 0 Å². The van der Waals surface area contributed by atoms with E-state index in [1.807, 2.05) is 60.7 Å². The lowest BCUT2D eigenvalue weighted by molar-refractivity contribution is 0.622. The molecule has 37 heavy (non-hydrogen) atoms. The highest BCUT2D eigenvalue weighted by atomic mass is 35.5. The molecule has 2 heterocycles. The Balaban J connectivity index is 1.38. The molecule has 0 amide bonds. The highest BCUT2D eigenvalue weighted by Crippen LogP contribution is 2.36. The summed E-state index contributed by atoms with van der Waals surface area (Å²) in [5.74, 6) is 8.37. The fourth-order valence-corrected chi connectivity index (χ4v) is 5.47. The second-order valence-electron chi connectivity index (χ2n) is 9.46. The molecule has 0 saturated carbocycles. The van der Waals surface area contributed by atoms with Gasteiger partial charge in [-0.15, -0.1) is 0 Å². The third kappa shape index (κ3) is 4.24. The lowest BCUT2D eigenvalue weighted by Crippen LogP contribution is -2.47. The monoisotopic (exact) mass is 506 g/mol. The van der Waals surface area contributed by atoms with E-state index in [1.54, 1.807) is 5.01 Å². The van der Waals surface area contributed by atoms with Crippen LogP contribution >= 0.6 is 11.6 Å². The van der Waals surface area contributed by atoms with Crippen LogP contribution in [0.5, 0.6) is 0 Å². The molecule has 0 radical (unpaired) electrons. The molecular formula is C30H27ClN6. The zero-order valence-electron chi connectivity index (χ0n) is 20.2. The SMILES string of the molecule is Nc1ccc(C2CN=C(N(N)C3=NCC(c4ccc(N)cc4)c4cc(Cl)ccc43)c3ccccc32)cc1. The summed E-state index contributed by atoms with van der Waals surface area (Å²) in [4.78, 5) is 9.93. The molecule has 0 bridgehead atoms. The second kappa shape index (κ2) is 9.39. The van der Waals surface area contributed by atoms with Gasteiger partial charge in [-0.1, -0.05) is 60.1 Å². The maximum atomic E-state index is 6.80. The largest absolute Gasteiger partial charge is 0.399 e. The summed E-state index contributed by atoms with van der Waals surface area (Å²) in [5, 5.41) is 2.31. The summed E-state index contributed by atoms with van der Waals surface area (Å²) in [6.07, 6.45) is 0. The summed E-state index contributed by atoms with van der Waals surface area (Å²) < 4.78 is 0. The normalized spacial score (nSPS) is 18.3. The molecule has 7 heteroatoms. The van der Waals surface area contributed by atoms with Crippen LogP contribution in [0.25, 0.3) is 0 Å². The van der Waals surface area contributed by atoms with Gasteiger partial charge in [0.2, 0.25) is 0 Å². The molecule has 0 spiro atoms. The van der Waals surface area contributed by atoms with Crippen LogP contribution in [0.2, 0.25) is 5.02 Å². The number of rotatable bonds is 2. The van der Waals surface area contributed by atoms with Gasteiger partial charge >= 0.3 is 0 Å². The maximum absolute atomic E-state index is 6.80. The van der Waals surface area contributed by atoms with Crippen LogP contribution in [0.1, 0.15) is 45.2 Å². The van der Waals surface area contributed by atoms with Gasteiger partial charge in [0.15, 0.2) is 11.7 Å². The first-order valence-corrected chi connectivity index (χ1v) is 12.6. The van der Waals surface area contributed by atoms with E-state index in [4.69, 9.17) is 38.9 Å². The van der Waals surface area contributed by atoms with E-state index in [9.17, 15) is 0 Å². The molecule has 2 aliphatic rings. The van der Waals surface area contributed by atoms with Gasteiger partial charge in [0.25, 0.3) is 0 Å². The first-order valence-electron chi connectivity index (χ1n) is 12.2. The lowest BCUT2D eigenvalue weighted by atomic mass is 9.84. The number of benzene rings is 4. The predicted molar refractivity (Wildman–Crippen MR) is 152 cm³/mol. The van der Waals surface area contributed by atoms with Crippen LogP contribution in [-0.2, 0) is 0 Å². The molecule has 6 N–H and O–H groups in total. The Hall–Kier alpha value is -4.13. The molecule has 0 aromatic heterocycles. The molecule has 0 fully saturated rings. The van der Waals surface area contributed by atoms with Crippen molar-refractivity contribution in [3.63, 3.8) is 0 Å². The van der Waals surface area contributed by atoms with Crippen molar-refractivity contribution in [1.82, 2.24) is 5.01 Å². The van der Waals surface area contributed by atoms with Crippen molar-refractivity contribution in [2.45, 2.75) is 11.8 Å². The Bertz CT molecular complexity index is 1520. The first-order chi connectivity index (χ1) is 18.0. The van der Waals surface area contributed by atoms with Crippen LogP contribution in [0, 0.1) is 0 Å². The van der Waals surface area contributed by atoms with E-state index in [2.05, 4.69) is 30.3 Å². The van der Waals surface area contributed by atoms with Crippen molar-refractivity contribution < 1.29 is 0 Å². The van der Waals surface area contributed by atoms with Crippen molar-refractivity contribution >= 4 is 34.6 Å². The van der Waals surface area contributed by atoms with Gasteiger partial charge in [0.1, 0.15) is 0 Å². The third-order valence-electron chi connectivity index (χ3n) is 7.19. The number of fused-ring (bicyclic) bond motifs is 2. The standard InChI is InChI=1S/C30H27ClN6/c31-20-9-14-25-26(15-20)28(19-7-12-22(33)13-8-19)17-36-30(25)37(34)29-24-4-2-1-3-23(24)27(16-35-29)18-5-10-21(32)11-6-18/h1-15,27-28H,16-17,32-34H2. The average Bonchev–Trinajstić information content (AvgIpc) is 2.92. The minimum absolute atomic E-state index is 0.0573. The number of anilines is 2. The highest BCUT2D eigenvalue weighted by molar-refractivity contribution is 6.31. The molecule has 184 valence electrons. The van der Waals surface area contributed by atoms with E-state index in [0.717, 1.165) is 33.6 Å². The Morgan fingerprint density at radius 1 is 0.649 bits per heavy atom. The van der Waals surface area contributed by atoms with Crippen molar-refractivity contribution in [3.05, 3.63) is 129 Å². The van der Waals surface area contributed by atoms with Crippen molar-refractivity contribution in [1.29, 1.82) is 0 Å². The number of halogens is 1. The molecule has 0 aliphatic carbocycles. The molecule has 6 rings (SSSR count). The first kappa shape index (κ1) is 23.3. The Morgan fingerprint density at radius 2 is 1.16 bits per heavy atom. The Labute approximate surface area is 221 Å². The third-order valence-corrected chi connectivity index (χ3v) is 7.42. The molecule has 2 aliphatic heterocycles. The van der Waals surface area contributed by atoms with Crippen LogP contribution < -0.4 is 17.3 Å². The number of hydrogen-bond donors (Lipinski definition) is 3. The molecule has 2 atom stereocenters. The number of nitrogens with zero attached hydrogens (tertiary/aromatic N) is 3. The molecular weight excluding hydrogens is 480 g/mol. The smallest absolute Gasteiger partial charge is 0.151 e. The van der Waals surface area contributed by atoms with Crippen molar-refractivity contribution in [2.24, 2.45) is 15.8 Å². The van der Waals surface area contributed by atoms with Crippen molar-refractivity contribution in [2.75, 3.05) is 24.6 Å². The zero-order valence-corrected chi connectivity index (χ0v) is 20.9. The Kier molecular flexibility index (Phi) is 5.91. The minimum atomic E-state index is 0.0573. The van der Waals surface area contributed by atoms with E-state index in [0.29, 0.717) is 29.8 Å². The van der Waals surface area contributed by atoms with Gasteiger partial charge in [-0.3, -0.25) is 9.98 Å². The molecule has 0 saturated heterocycles. The summed E-state index contributed by atoms with van der Waals surface area (Å²) in [7, 11) is 0. The minimum Gasteiger partial charge on any atom is -0.399 e. The van der Waals surface area contributed by atoms with Gasteiger partial charge < -0.3 is 11.5 Å². The molecule has 6 nitrogen and oxygen atoms in total. The van der Waals surface area contributed by atoms with E-state index in [1.165, 1.54) is 11.1 Å². The lowest BCUT2D eigenvalue weighted by Gasteiger charge is -2.33. The molecule has 2 unspecified atom stereocenters. The fraction of sp³-hybridized carbons (Fsp3) is 0.133. The second-order valence-corrected chi connectivity index (χ2v) is 9.89. The zero-order chi connectivity index (χ0) is 25.5. The predicted octanol–water partition coefficient (Wildman–Crippen LogP) is 5.16. The number of hydrazine groups is 1. The van der Waals surface area contributed by atoms with E-state index < -0.39 is 0 Å². The summed E-state index contributed by atoms with van der Waals surface area (Å²) in [6.45, 7) is 1.13.